The van der Waals surface area contributed by atoms with E-state index in [1.165, 1.54) is 32.1 Å². The van der Waals surface area contributed by atoms with Crippen LogP contribution in [0.25, 0.3) is 0 Å². The molecule has 0 unspecified atom stereocenters. The average Bonchev–Trinajstić information content (AvgIpc) is 2.79. The van der Waals surface area contributed by atoms with Gasteiger partial charge in [-0.05, 0) is 19.4 Å². The number of rotatable bonds is 5. The van der Waals surface area contributed by atoms with Crippen molar-refractivity contribution in [2.45, 2.75) is 51.4 Å². The third kappa shape index (κ3) is 3.04. The largest absolute Gasteiger partial charge is 0.339 e. The molecule has 0 aliphatic heterocycles. The van der Waals surface area contributed by atoms with Crippen molar-refractivity contribution in [3.63, 3.8) is 0 Å². The van der Waals surface area contributed by atoms with Gasteiger partial charge in [0.05, 0.1) is 0 Å². The lowest BCUT2D eigenvalue weighted by Gasteiger charge is -2.17. The van der Waals surface area contributed by atoms with E-state index in [4.69, 9.17) is 4.52 Å². The van der Waals surface area contributed by atoms with Crippen LogP contribution in [0.3, 0.4) is 0 Å². The Morgan fingerprint density at radius 3 is 2.88 bits per heavy atom. The van der Waals surface area contributed by atoms with E-state index < -0.39 is 0 Å². The van der Waals surface area contributed by atoms with Gasteiger partial charge in [-0.15, -0.1) is 0 Å². The van der Waals surface area contributed by atoms with Gasteiger partial charge in [0.25, 0.3) is 0 Å². The molecule has 1 saturated carbocycles. The van der Waals surface area contributed by atoms with Crippen LogP contribution in [0.4, 0.5) is 0 Å². The predicted molar refractivity (Wildman–Crippen MR) is 62.4 cm³/mol. The van der Waals surface area contributed by atoms with Gasteiger partial charge in [0, 0.05) is 18.9 Å². The molecule has 2 rings (SSSR count). The predicted octanol–water partition coefficient (Wildman–Crippen LogP) is 2.27. The lowest BCUT2D eigenvalue weighted by Crippen LogP contribution is -2.16. The Hall–Kier alpha value is -0.900. The molecular formula is C12H21N3O. The SMILES string of the molecule is CCNCCc1nc(C2CCCCC2)no1. The first-order chi connectivity index (χ1) is 7.90. The van der Waals surface area contributed by atoms with Gasteiger partial charge in [0.1, 0.15) is 0 Å². The molecule has 1 N–H and O–H groups in total. The molecule has 0 radical (unpaired) electrons. The van der Waals surface area contributed by atoms with Gasteiger partial charge >= 0.3 is 0 Å². The van der Waals surface area contributed by atoms with Crippen molar-refractivity contribution in [2.24, 2.45) is 0 Å². The molecule has 4 heteroatoms. The summed E-state index contributed by atoms with van der Waals surface area (Å²) in [5.74, 6) is 2.26. The molecule has 1 fully saturated rings. The normalized spacial score (nSPS) is 17.8. The standard InChI is InChI=1S/C12H21N3O/c1-2-13-9-8-11-14-12(15-16-11)10-6-4-3-5-7-10/h10,13H,2-9H2,1H3. The van der Waals surface area contributed by atoms with Crippen molar-refractivity contribution in [3.8, 4) is 0 Å². The molecule has 1 aliphatic carbocycles. The van der Waals surface area contributed by atoms with Gasteiger partial charge in [0.2, 0.25) is 5.89 Å². The quantitative estimate of drug-likeness (QED) is 0.778. The summed E-state index contributed by atoms with van der Waals surface area (Å²) in [6.45, 7) is 4.01. The van der Waals surface area contributed by atoms with E-state index in [1.54, 1.807) is 0 Å². The Balaban J connectivity index is 1.85. The van der Waals surface area contributed by atoms with Crippen LogP contribution < -0.4 is 5.32 Å². The fraction of sp³-hybridized carbons (Fsp3) is 0.833. The summed E-state index contributed by atoms with van der Waals surface area (Å²) in [6.07, 6.45) is 7.28. The zero-order valence-corrected chi connectivity index (χ0v) is 10.0. The molecule has 1 heterocycles. The smallest absolute Gasteiger partial charge is 0.227 e. The molecule has 1 aromatic rings. The van der Waals surface area contributed by atoms with E-state index in [9.17, 15) is 0 Å². The second-order valence-electron chi connectivity index (χ2n) is 4.48. The fourth-order valence-corrected chi connectivity index (χ4v) is 2.27. The molecule has 0 spiro atoms. The Morgan fingerprint density at radius 2 is 2.12 bits per heavy atom. The second kappa shape index (κ2) is 5.99. The van der Waals surface area contributed by atoms with Crippen molar-refractivity contribution < 1.29 is 4.52 Å². The van der Waals surface area contributed by atoms with E-state index in [0.717, 1.165) is 31.2 Å². The van der Waals surface area contributed by atoms with Crippen molar-refractivity contribution in [1.82, 2.24) is 15.5 Å². The minimum absolute atomic E-state index is 0.547. The lowest BCUT2D eigenvalue weighted by molar-refractivity contribution is 0.356. The summed E-state index contributed by atoms with van der Waals surface area (Å²) in [4.78, 5) is 4.49. The highest BCUT2D eigenvalue weighted by molar-refractivity contribution is 4.97. The number of nitrogens with one attached hydrogen (secondary N) is 1. The Kier molecular flexibility index (Phi) is 4.34. The Morgan fingerprint density at radius 1 is 1.31 bits per heavy atom. The maximum absolute atomic E-state index is 5.26. The summed E-state index contributed by atoms with van der Waals surface area (Å²) >= 11 is 0. The first-order valence-electron chi connectivity index (χ1n) is 6.43. The van der Waals surface area contributed by atoms with Crippen LogP contribution in [0.2, 0.25) is 0 Å². The summed E-state index contributed by atoms with van der Waals surface area (Å²) < 4.78 is 5.26. The molecule has 1 aliphatic rings. The molecule has 16 heavy (non-hydrogen) atoms. The minimum Gasteiger partial charge on any atom is -0.339 e. The second-order valence-corrected chi connectivity index (χ2v) is 4.48. The van der Waals surface area contributed by atoms with Gasteiger partial charge in [-0.3, -0.25) is 0 Å². The zero-order valence-electron chi connectivity index (χ0n) is 10.0. The summed E-state index contributed by atoms with van der Waals surface area (Å²) in [5, 5.41) is 7.36. The number of likely N-dealkylation sites (N-methyl/N-ethyl adjacent to an activating group) is 1. The third-order valence-corrected chi connectivity index (χ3v) is 3.22. The van der Waals surface area contributed by atoms with E-state index in [1.807, 2.05) is 0 Å². The average molecular weight is 223 g/mol. The molecule has 90 valence electrons. The maximum atomic E-state index is 5.26. The molecule has 0 aromatic carbocycles. The molecule has 4 nitrogen and oxygen atoms in total. The van der Waals surface area contributed by atoms with E-state index in [0.29, 0.717) is 5.92 Å². The van der Waals surface area contributed by atoms with Crippen LogP contribution in [0.1, 0.15) is 56.7 Å². The van der Waals surface area contributed by atoms with Crippen molar-refractivity contribution in [3.05, 3.63) is 11.7 Å². The van der Waals surface area contributed by atoms with Gasteiger partial charge in [-0.1, -0.05) is 31.3 Å². The van der Waals surface area contributed by atoms with Gasteiger partial charge in [-0.2, -0.15) is 4.98 Å². The van der Waals surface area contributed by atoms with Crippen molar-refractivity contribution in [2.75, 3.05) is 13.1 Å². The van der Waals surface area contributed by atoms with Gasteiger partial charge < -0.3 is 9.84 Å². The van der Waals surface area contributed by atoms with E-state index >= 15 is 0 Å². The topological polar surface area (TPSA) is 51.0 Å². The number of hydrogen-bond acceptors (Lipinski definition) is 4. The van der Waals surface area contributed by atoms with Gasteiger partial charge in [-0.25, -0.2) is 0 Å². The molecule has 0 amide bonds. The maximum Gasteiger partial charge on any atom is 0.227 e. The highest BCUT2D eigenvalue weighted by atomic mass is 16.5. The van der Waals surface area contributed by atoms with Crippen LogP contribution in [-0.2, 0) is 6.42 Å². The summed E-state index contributed by atoms with van der Waals surface area (Å²) in [7, 11) is 0. The molecule has 0 saturated heterocycles. The van der Waals surface area contributed by atoms with E-state index in [2.05, 4.69) is 22.4 Å². The molecule has 0 atom stereocenters. The number of nitrogens with zero attached hydrogens (tertiary/aromatic N) is 2. The van der Waals surface area contributed by atoms with Crippen LogP contribution in [0.15, 0.2) is 4.52 Å². The zero-order chi connectivity index (χ0) is 11.2. The van der Waals surface area contributed by atoms with Gasteiger partial charge in [0.15, 0.2) is 5.82 Å². The minimum atomic E-state index is 0.547. The monoisotopic (exact) mass is 223 g/mol. The third-order valence-electron chi connectivity index (χ3n) is 3.22. The highest BCUT2D eigenvalue weighted by Crippen LogP contribution is 2.30. The Labute approximate surface area is 96.8 Å². The Bertz CT molecular complexity index is 305. The summed E-state index contributed by atoms with van der Waals surface area (Å²) in [6, 6.07) is 0. The number of aromatic nitrogens is 2. The first kappa shape index (κ1) is 11.6. The van der Waals surface area contributed by atoms with Crippen LogP contribution in [0.5, 0.6) is 0 Å². The van der Waals surface area contributed by atoms with Crippen LogP contribution in [0, 0.1) is 0 Å². The summed E-state index contributed by atoms with van der Waals surface area (Å²) in [5.41, 5.74) is 0. The molecule has 1 aromatic heterocycles. The molecular weight excluding hydrogens is 202 g/mol. The molecule has 0 bridgehead atoms. The lowest BCUT2D eigenvalue weighted by atomic mass is 9.89. The van der Waals surface area contributed by atoms with Crippen molar-refractivity contribution >= 4 is 0 Å². The van der Waals surface area contributed by atoms with E-state index in [-0.39, 0.29) is 0 Å². The first-order valence-corrected chi connectivity index (χ1v) is 6.43. The number of hydrogen-bond donors (Lipinski definition) is 1. The van der Waals surface area contributed by atoms with Crippen molar-refractivity contribution in [1.29, 1.82) is 0 Å². The van der Waals surface area contributed by atoms with Crippen LogP contribution in [-0.4, -0.2) is 23.2 Å². The fourth-order valence-electron chi connectivity index (χ4n) is 2.27. The van der Waals surface area contributed by atoms with Crippen LogP contribution >= 0.6 is 0 Å². The highest BCUT2D eigenvalue weighted by Gasteiger charge is 2.20.